The molecule has 8 heteroatoms. The quantitative estimate of drug-likeness (QED) is 0.690. The van der Waals surface area contributed by atoms with Crippen molar-refractivity contribution >= 4 is 28.2 Å². The van der Waals surface area contributed by atoms with E-state index in [2.05, 4.69) is 15.3 Å². The van der Waals surface area contributed by atoms with Crippen molar-refractivity contribution in [3.05, 3.63) is 54.0 Å². The van der Waals surface area contributed by atoms with Crippen LogP contribution in [0.2, 0.25) is 0 Å². The number of thiazole rings is 1. The average Bonchev–Trinajstić information content (AvgIpc) is 3.22. The average molecular weight is 396 g/mol. The van der Waals surface area contributed by atoms with E-state index in [0.717, 1.165) is 22.2 Å². The molecule has 3 heterocycles. The number of carbonyl (C=O) groups is 1. The number of benzene rings is 1. The molecule has 1 aliphatic heterocycles. The highest BCUT2D eigenvalue weighted by atomic mass is 32.1. The Morgan fingerprint density at radius 1 is 1.18 bits per heavy atom. The molecule has 1 saturated heterocycles. The molecule has 1 aromatic carbocycles. The van der Waals surface area contributed by atoms with Crippen molar-refractivity contribution in [2.45, 2.75) is 0 Å². The van der Waals surface area contributed by atoms with Crippen LogP contribution in [0.25, 0.3) is 11.3 Å². The number of hydrogen-bond acceptors (Lipinski definition) is 7. The summed E-state index contributed by atoms with van der Waals surface area (Å²) in [5, 5.41) is 5.96. The highest BCUT2D eigenvalue weighted by molar-refractivity contribution is 7.14. The monoisotopic (exact) mass is 396 g/mol. The number of pyridine rings is 1. The van der Waals surface area contributed by atoms with E-state index in [-0.39, 0.29) is 12.5 Å². The van der Waals surface area contributed by atoms with Crippen LogP contribution in [0.15, 0.2) is 54.0 Å². The number of carbonyl (C=O) groups excluding carboxylic acids is 1. The van der Waals surface area contributed by atoms with Gasteiger partial charge in [0.2, 0.25) is 0 Å². The van der Waals surface area contributed by atoms with Crippen LogP contribution in [0.1, 0.15) is 0 Å². The molecule has 0 spiro atoms. The number of morpholine rings is 1. The molecule has 0 saturated carbocycles. The van der Waals surface area contributed by atoms with Crippen LogP contribution in [0.5, 0.6) is 5.75 Å². The molecular weight excluding hydrogens is 376 g/mol. The van der Waals surface area contributed by atoms with E-state index >= 15 is 0 Å². The molecule has 1 fully saturated rings. The summed E-state index contributed by atoms with van der Waals surface area (Å²) in [4.78, 5) is 22.7. The Bertz CT molecular complexity index is 909. The topological polar surface area (TPSA) is 76.6 Å². The lowest BCUT2D eigenvalue weighted by Crippen LogP contribution is -2.42. The first-order chi connectivity index (χ1) is 13.8. The normalized spacial score (nSPS) is 13.9. The highest BCUT2D eigenvalue weighted by Crippen LogP contribution is 2.27. The van der Waals surface area contributed by atoms with E-state index in [0.29, 0.717) is 32.1 Å². The maximum Gasteiger partial charge on any atom is 0.260 e. The summed E-state index contributed by atoms with van der Waals surface area (Å²) in [5.41, 5.74) is 1.86. The molecule has 1 amide bonds. The Labute approximate surface area is 167 Å². The Morgan fingerprint density at radius 2 is 2.00 bits per heavy atom. The van der Waals surface area contributed by atoms with Gasteiger partial charge >= 0.3 is 0 Å². The number of rotatable bonds is 6. The number of aromatic nitrogens is 2. The van der Waals surface area contributed by atoms with E-state index in [1.807, 2.05) is 47.8 Å². The third-order valence-electron chi connectivity index (χ3n) is 4.28. The second kappa shape index (κ2) is 8.81. The smallest absolute Gasteiger partial charge is 0.260 e. The van der Waals surface area contributed by atoms with Crippen LogP contribution in [0.3, 0.4) is 0 Å². The minimum absolute atomic E-state index is 0.0166. The van der Waals surface area contributed by atoms with Gasteiger partial charge in [-0.05, 0) is 36.4 Å². The van der Waals surface area contributed by atoms with Gasteiger partial charge in [0.25, 0.3) is 5.91 Å². The van der Waals surface area contributed by atoms with Crippen molar-refractivity contribution in [2.75, 3.05) is 38.2 Å². The first-order valence-corrected chi connectivity index (χ1v) is 9.88. The zero-order valence-electron chi connectivity index (χ0n) is 15.2. The van der Waals surface area contributed by atoms with Crippen molar-refractivity contribution < 1.29 is 14.3 Å². The summed E-state index contributed by atoms with van der Waals surface area (Å²) in [5.74, 6) is 1.40. The summed E-state index contributed by atoms with van der Waals surface area (Å²) < 4.78 is 10.9. The van der Waals surface area contributed by atoms with Crippen LogP contribution < -0.4 is 10.1 Å². The molecule has 0 atom stereocenters. The fourth-order valence-electron chi connectivity index (χ4n) is 2.78. The van der Waals surface area contributed by atoms with Crippen molar-refractivity contribution in [3.8, 4) is 17.0 Å². The molecule has 2 aromatic heterocycles. The van der Waals surface area contributed by atoms with Gasteiger partial charge in [-0.1, -0.05) is 6.07 Å². The summed E-state index contributed by atoms with van der Waals surface area (Å²) in [6.45, 7) is 2.46. The molecule has 7 nitrogen and oxygen atoms in total. The lowest BCUT2D eigenvalue weighted by atomic mass is 10.2. The highest BCUT2D eigenvalue weighted by Gasteiger charge is 2.17. The number of ether oxygens (including phenoxy) is 2. The second-order valence-corrected chi connectivity index (χ2v) is 7.04. The number of nitrogens with one attached hydrogen (secondary N) is 1. The molecule has 0 unspecified atom stereocenters. The summed E-state index contributed by atoms with van der Waals surface area (Å²) >= 11 is 1.52. The van der Waals surface area contributed by atoms with E-state index in [1.54, 1.807) is 11.1 Å². The molecule has 1 N–H and O–H groups in total. The van der Waals surface area contributed by atoms with Crippen LogP contribution in [0, 0.1) is 0 Å². The maximum atomic E-state index is 12.1. The fourth-order valence-corrected chi connectivity index (χ4v) is 3.51. The summed E-state index contributed by atoms with van der Waals surface area (Å²) in [6.07, 6.45) is 1.74. The zero-order chi connectivity index (χ0) is 19.2. The molecule has 0 radical (unpaired) electrons. The molecule has 3 aromatic rings. The summed E-state index contributed by atoms with van der Waals surface area (Å²) in [7, 11) is 0. The van der Waals surface area contributed by atoms with E-state index in [9.17, 15) is 4.79 Å². The van der Waals surface area contributed by atoms with Gasteiger partial charge in [0, 0.05) is 30.2 Å². The van der Waals surface area contributed by atoms with Gasteiger partial charge < -0.3 is 19.7 Å². The van der Waals surface area contributed by atoms with Gasteiger partial charge in [0.15, 0.2) is 11.7 Å². The lowest BCUT2D eigenvalue weighted by molar-refractivity contribution is -0.137. The first kappa shape index (κ1) is 18.4. The van der Waals surface area contributed by atoms with Crippen molar-refractivity contribution in [2.24, 2.45) is 0 Å². The van der Waals surface area contributed by atoms with Crippen molar-refractivity contribution in [1.82, 2.24) is 14.9 Å². The third kappa shape index (κ3) is 4.65. The molecule has 144 valence electrons. The van der Waals surface area contributed by atoms with E-state index < -0.39 is 0 Å². The number of nitrogens with zero attached hydrogens (tertiary/aromatic N) is 3. The van der Waals surface area contributed by atoms with Crippen molar-refractivity contribution in [3.63, 3.8) is 0 Å². The molecular formula is C20H20N4O3S. The molecule has 4 rings (SSSR count). The predicted octanol–water partition coefficient (Wildman–Crippen LogP) is 3.19. The Balaban J connectivity index is 1.33. The summed E-state index contributed by atoms with van der Waals surface area (Å²) in [6, 6.07) is 13.3. The number of anilines is 2. The Kier molecular flexibility index (Phi) is 5.79. The standard InChI is InChI=1S/C20H20N4O3S/c25-19(24-9-11-26-12-10-24)13-27-16-6-4-15(5-7-16)17-14-28-20(22-17)23-18-3-1-2-8-21-18/h1-8,14H,9-13H2,(H,21,22,23). The fraction of sp³-hybridized carbons (Fsp3) is 0.250. The largest absolute Gasteiger partial charge is 0.484 e. The lowest BCUT2D eigenvalue weighted by Gasteiger charge is -2.26. The van der Waals surface area contributed by atoms with Crippen LogP contribution in [-0.4, -0.2) is 53.7 Å². The maximum absolute atomic E-state index is 12.1. The zero-order valence-corrected chi connectivity index (χ0v) is 16.0. The van der Waals surface area contributed by atoms with Gasteiger partial charge in [-0.2, -0.15) is 0 Å². The Hall–Kier alpha value is -2.97. The van der Waals surface area contributed by atoms with Crippen LogP contribution >= 0.6 is 11.3 Å². The van der Waals surface area contributed by atoms with Crippen LogP contribution in [-0.2, 0) is 9.53 Å². The van der Waals surface area contributed by atoms with E-state index in [1.165, 1.54) is 11.3 Å². The van der Waals surface area contributed by atoms with E-state index in [4.69, 9.17) is 9.47 Å². The van der Waals surface area contributed by atoms with Gasteiger partial charge in [0.1, 0.15) is 11.6 Å². The molecule has 1 aliphatic rings. The molecule has 28 heavy (non-hydrogen) atoms. The minimum atomic E-state index is -0.0166. The first-order valence-electron chi connectivity index (χ1n) is 9.00. The van der Waals surface area contributed by atoms with Gasteiger partial charge in [0.05, 0.1) is 18.9 Å². The number of amides is 1. The molecule has 0 aliphatic carbocycles. The predicted molar refractivity (Wildman–Crippen MR) is 108 cm³/mol. The number of hydrogen-bond donors (Lipinski definition) is 1. The molecule has 0 bridgehead atoms. The van der Waals surface area contributed by atoms with Gasteiger partial charge in [-0.25, -0.2) is 9.97 Å². The van der Waals surface area contributed by atoms with Gasteiger partial charge in [-0.15, -0.1) is 11.3 Å². The Morgan fingerprint density at radius 3 is 2.75 bits per heavy atom. The van der Waals surface area contributed by atoms with Gasteiger partial charge in [-0.3, -0.25) is 4.79 Å². The minimum Gasteiger partial charge on any atom is -0.484 e. The van der Waals surface area contributed by atoms with Crippen LogP contribution in [0.4, 0.5) is 10.9 Å². The van der Waals surface area contributed by atoms with Crippen molar-refractivity contribution in [1.29, 1.82) is 0 Å². The SMILES string of the molecule is O=C(COc1ccc(-c2csc(Nc3ccccn3)n2)cc1)N1CCOCC1. The second-order valence-electron chi connectivity index (χ2n) is 6.18. The third-order valence-corrected chi connectivity index (χ3v) is 5.04.